The van der Waals surface area contributed by atoms with Crippen LogP contribution in [0.3, 0.4) is 0 Å². The number of carboxylic acids is 1. The van der Waals surface area contributed by atoms with Crippen molar-refractivity contribution in [1.82, 2.24) is 4.90 Å². The van der Waals surface area contributed by atoms with Gasteiger partial charge in [0, 0.05) is 6.54 Å². The van der Waals surface area contributed by atoms with Gasteiger partial charge in [0.05, 0.1) is 5.97 Å². The molecular weight excluding hydrogens is 333 g/mol. The van der Waals surface area contributed by atoms with Gasteiger partial charge >= 0.3 is 29.6 Å². The summed E-state index contributed by atoms with van der Waals surface area (Å²) in [6.07, 6.45) is 20.9. The molecule has 0 aromatic rings. The molecule has 0 rings (SSSR count). The topological polar surface area (TPSA) is 43.4 Å². The third-order valence-corrected chi connectivity index (χ3v) is 4.62. The Hall–Kier alpha value is -0.0900. The molecule has 0 radical (unpaired) electrons. The van der Waals surface area contributed by atoms with Crippen molar-refractivity contribution in [3.63, 3.8) is 0 Å². The third-order valence-electron chi connectivity index (χ3n) is 4.62. The fourth-order valence-electron chi connectivity index (χ4n) is 3.11. The molecule has 0 aliphatic carbocycles. The number of aliphatic carboxylic acids is 1. The first-order valence-electron chi connectivity index (χ1n) is 10.3. The van der Waals surface area contributed by atoms with Crippen LogP contribution in [0, 0.1) is 0 Å². The van der Waals surface area contributed by atoms with E-state index >= 15 is 0 Å². The molecule has 0 N–H and O–H groups in total. The number of unbranched alkanes of at least 4 members (excludes halogenated alkanes) is 12. The van der Waals surface area contributed by atoms with Crippen molar-refractivity contribution in [3.8, 4) is 0 Å². The quantitative estimate of drug-likeness (QED) is 0.186. The Morgan fingerprint density at radius 3 is 1.38 bits per heavy atom. The average molecular weight is 374 g/mol. The molecule has 146 valence electrons. The SMILES string of the molecule is C=CCCCCCCCCN(CCCCCCCCC=C)CC(=O)[O-].[Na+]. The molecule has 0 heterocycles. The van der Waals surface area contributed by atoms with Gasteiger partial charge in [-0.1, -0.05) is 63.5 Å². The summed E-state index contributed by atoms with van der Waals surface area (Å²) in [4.78, 5) is 13.0. The Bertz CT molecular complexity index is 310. The summed E-state index contributed by atoms with van der Waals surface area (Å²) < 4.78 is 0. The van der Waals surface area contributed by atoms with Crippen molar-refractivity contribution in [2.45, 2.75) is 89.9 Å². The van der Waals surface area contributed by atoms with Crippen molar-refractivity contribution in [1.29, 1.82) is 0 Å². The Kier molecular flexibility index (Phi) is 24.8. The second-order valence-corrected chi connectivity index (χ2v) is 7.05. The van der Waals surface area contributed by atoms with Gasteiger partial charge in [0.15, 0.2) is 0 Å². The van der Waals surface area contributed by atoms with Crippen LogP contribution in [0.15, 0.2) is 25.3 Å². The largest absolute Gasteiger partial charge is 1.00 e. The van der Waals surface area contributed by atoms with Crippen LogP contribution in [0.5, 0.6) is 0 Å². The molecule has 0 aromatic heterocycles. The number of hydrogen-bond acceptors (Lipinski definition) is 3. The zero-order valence-electron chi connectivity index (χ0n) is 17.4. The molecule has 3 nitrogen and oxygen atoms in total. The molecule has 0 saturated carbocycles. The monoisotopic (exact) mass is 373 g/mol. The van der Waals surface area contributed by atoms with Gasteiger partial charge in [0.1, 0.15) is 0 Å². The van der Waals surface area contributed by atoms with Crippen LogP contribution in [0.2, 0.25) is 0 Å². The van der Waals surface area contributed by atoms with Crippen molar-refractivity contribution in [3.05, 3.63) is 25.3 Å². The molecule has 4 heteroatoms. The van der Waals surface area contributed by atoms with E-state index in [4.69, 9.17) is 0 Å². The maximum Gasteiger partial charge on any atom is 1.00 e. The minimum absolute atomic E-state index is 0. The first-order valence-corrected chi connectivity index (χ1v) is 10.3. The summed E-state index contributed by atoms with van der Waals surface area (Å²) in [5, 5.41) is 10.9. The van der Waals surface area contributed by atoms with Crippen LogP contribution in [0.4, 0.5) is 0 Å². The zero-order valence-corrected chi connectivity index (χ0v) is 19.4. The van der Waals surface area contributed by atoms with E-state index in [0.717, 1.165) is 38.8 Å². The molecule has 26 heavy (non-hydrogen) atoms. The zero-order chi connectivity index (χ0) is 18.6. The van der Waals surface area contributed by atoms with Gasteiger partial charge in [-0.15, -0.1) is 13.2 Å². The van der Waals surface area contributed by atoms with Crippen LogP contribution in [-0.2, 0) is 4.79 Å². The van der Waals surface area contributed by atoms with Crippen molar-refractivity contribution in [2.75, 3.05) is 19.6 Å². The minimum atomic E-state index is -0.950. The fourth-order valence-corrected chi connectivity index (χ4v) is 3.11. The number of carboxylic acid groups (broad SMARTS) is 1. The van der Waals surface area contributed by atoms with Crippen LogP contribution in [0.25, 0.3) is 0 Å². The second-order valence-electron chi connectivity index (χ2n) is 7.05. The van der Waals surface area contributed by atoms with E-state index < -0.39 is 5.97 Å². The minimum Gasteiger partial charge on any atom is -0.549 e. The first kappa shape index (κ1) is 28.1. The normalized spacial score (nSPS) is 10.5. The van der Waals surface area contributed by atoms with Gasteiger partial charge in [-0.05, 0) is 51.6 Å². The van der Waals surface area contributed by atoms with Gasteiger partial charge in [0.25, 0.3) is 0 Å². The summed E-state index contributed by atoms with van der Waals surface area (Å²) in [5.74, 6) is -0.950. The van der Waals surface area contributed by atoms with Crippen molar-refractivity contribution in [2.24, 2.45) is 0 Å². The predicted molar refractivity (Wildman–Crippen MR) is 106 cm³/mol. The Morgan fingerprint density at radius 1 is 0.692 bits per heavy atom. The Morgan fingerprint density at radius 2 is 1.04 bits per heavy atom. The van der Waals surface area contributed by atoms with E-state index in [1.807, 2.05) is 12.2 Å². The maximum atomic E-state index is 10.9. The van der Waals surface area contributed by atoms with Crippen molar-refractivity contribution < 1.29 is 39.5 Å². The molecule has 0 amide bonds. The fraction of sp³-hybridized carbons (Fsp3) is 0.773. The molecule has 0 aliphatic heterocycles. The van der Waals surface area contributed by atoms with E-state index in [1.165, 1.54) is 64.2 Å². The number of allylic oxidation sites excluding steroid dienone is 2. The molecule has 0 unspecified atom stereocenters. The van der Waals surface area contributed by atoms with Crippen LogP contribution in [-0.4, -0.2) is 30.5 Å². The number of rotatable bonds is 20. The van der Waals surface area contributed by atoms with Crippen LogP contribution in [0.1, 0.15) is 89.9 Å². The number of carbonyl (C=O) groups is 1. The maximum absolute atomic E-state index is 10.9. The predicted octanol–water partition coefficient (Wildman–Crippen LogP) is 1.88. The van der Waals surface area contributed by atoms with E-state index in [0.29, 0.717) is 0 Å². The summed E-state index contributed by atoms with van der Waals surface area (Å²) >= 11 is 0. The molecular formula is C22H40NNaO2. The van der Waals surface area contributed by atoms with Gasteiger partial charge in [-0.25, -0.2) is 0 Å². The Balaban J connectivity index is 0. The summed E-state index contributed by atoms with van der Waals surface area (Å²) in [6.45, 7) is 9.34. The van der Waals surface area contributed by atoms with E-state index in [9.17, 15) is 9.90 Å². The smallest absolute Gasteiger partial charge is 0.549 e. The molecule has 0 saturated heterocycles. The summed E-state index contributed by atoms with van der Waals surface area (Å²) in [5.41, 5.74) is 0. The van der Waals surface area contributed by atoms with E-state index in [1.54, 1.807) is 0 Å². The molecule has 0 fully saturated rings. The van der Waals surface area contributed by atoms with Gasteiger partial charge in [-0.3, -0.25) is 4.90 Å². The van der Waals surface area contributed by atoms with Gasteiger partial charge < -0.3 is 9.90 Å². The first-order chi connectivity index (χ1) is 12.2. The third kappa shape index (κ3) is 22.0. The second kappa shape index (κ2) is 23.0. The number of nitrogens with zero attached hydrogens (tertiary/aromatic N) is 1. The van der Waals surface area contributed by atoms with Crippen LogP contribution < -0.4 is 34.7 Å². The summed E-state index contributed by atoms with van der Waals surface area (Å²) in [7, 11) is 0. The average Bonchev–Trinajstić information content (AvgIpc) is 2.58. The standard InChI is InChI=1S/C22H41NO2.Na/c1-3-5-7-9-11-13-15-17-19-23(21-22(24)25)20-18-16-14-12-10-8-6-4-2;/h3-4H,1-2,5-21H2,(H,24,25);/q;+1/p-1. The summed E-state index contributed by atoms with van der Waals surface area (Å²) in [6, 6.07) is 0. The Labute approximate surface area is 184 Å². The van der Waals surface area contributed by atoms with Crippen LogP contribution >= 0.6 is 0 Å². The molecule has 0 atom stereocenters. The van der Waals surface area contributed by atoms with E-state index in [2.05, 4.69) is 18.1 Å². The number of hydrogen-bond donors (Lipinski definition) is 0. The molecule has 0 spiro atoms. The van der Waals surface area contributed by atoms with Gasteiger partial charge in [0.2, 0.25) is 0 Å². The molecule has 0 bridgehead atoms. The van der Waals surface area contributed by atoms with E-state index in [-0.39, 0.29) is 36.1 Å². The van der Waals surface area contributed by atoms with Crippen molar-refractivity contribution >= 4 is 5.97 Å². The number of carbonyl (C=O) groups excluding carboxylic acids is 1. The molecule has 0 aliphatic rings. The van der Waals surface area contributed by atoms with Gasteiger partial charge in [-0.2, -0.15) is 0 Å². The molecule has 0 aromatic carbocycles.